The van der Waals surface area contributed by atoms with Crippen molar-refractivity contribution in [3.8, 4) is 5.75 Å². The summed E-state index contributed by atoms with van der Waals surface area (Å²) in [5.41, 5.74) is 3.97. The number of nitrogens with zero attached hydrogens (tertiary/aromatic N) is 3. The number of fused-ring (bicyclic) bond motifs is 1. The topological polar surface area (TPSA) is 87.8 Å². The molecule has 156 valence electrons. The van der Waals surface area contributed by atoms with E-state index in [-0.39, 0.29) is 0 Å². The highest BCUT2D eigenvalue weighted by atomic mass is 16.5. The molecule has 0 aliphatic carbocycles. The molecule has 0 unspecified atom stereocenters. The molecule has 0 atom stereocenters. The van der Waals surface area contributed by atoms with Gasteiger partial charge in [-0.2, -0.15) is 5.10 Å². The molecule has 5 rings (SSSR count). The van der Waals surface area contributed by atoms with E-state index in [0.717, 1.165) is 59.4 Å². The average molecular weight is 412 g/mol. The van der Waals surface area contributed by atoms with Crippen LogP contribution in [-0.2, 0) is 0 Å². The zero-order valence-electron chi connectivity index (χ0n) is 17.1. The number of ether oxygens (including phenoxy) is 1. The number of benzene rings is 2. The third kappa shape index (κ3) is 4.73. The van der Waals surface area contributed by atoms with Gasteiger partial charge in [0.1, 0.15) is 11.9 Å². The number of anilines is 2. The molecule has 2 aromatic heterocycles. The first-order valence-corrected chi connectivity index (χ1v) is 10.5. The number of piperidine rings is 1. The standard InChI is InChI=1S/C24H24N6O/c1-2-18(22-16-28-30-23(22)3-1)5-4-17-14-26-24(27-15-17)29-19-6-8-20(9-7-19)31-21-10-12-25-13-11-21/h1-9,14-16,21,25H,10-13H2,(H,28,30)(H,26,27,29)/b5-4+. The molecule has 1 fully saturated rings. The Kier molecular flexibility index (Phi) is 5.58. The van der Waals surface area contributed by atoms with Gasteiger partial charge < -0.3 is 15.4 Å². The van der Waals surface area contributed by atoms with E-state index in [2.05, 4.69) is 36.9 Å². The highest BCUT2D eigenvalue weighted by Crippen LogP contribution is 2.22. The summed E-state index contributed by atoms with van der Waals surface area (Å²) in [5.74, 6) is 1.45. The maximum Gasteiger partial charge on any atom is 0.227 e. The Morgan fingerprint density at radius 1 is 0.935 bits per heavy atom. The Hall–Kier alpha value is -3.71. The van der Waals surface area contributed by atoms with Gasteiger partial charge in [0.2, 0.25) is 5.95 Å². The second-order valence-corrected chi connectivity index (χ2v) is 7.57. The Bertz CT molecular complexity index is 1160. The first kappa shape index (κ1) is 19.3. The molecule has 7 heteroatoms. The van der Waals surface area contributed by atoms with Crippen molar-refractivity contribution in [2.24, 2.45) is 0 Å². The lowest BCUT2D eigenvalue weighted by molar-refractivity contribution is 0.162. The summed E-state index contributed by atoms with van der Waals surface area (Å²) in [6.07, 6.45) is 11.9. The number of nitrogens with one attached hydrogen (secondary N) is 3. The largest absolute Gasteiger partial charge is 0.490 e. The van der Waals surface area contributed by atoms with E-state index in [1.54, 1.807) is 12.4 Å². The van der Waals surface area contributed by atoms with Gasteiger partial charge in [-0.3, -0.25) is 5.10 Å². The summed E-state index contributed by atoms with van der Waals surface area (Å²) in [7, 11) is 0. The van der Waals surface area contributed by atoms with Crippen LogP contribution in [0, 0.1) is 0 Å². The van der Waals surface area contributed by atoms with Gasteiger partial charge >= 0.3 is 0 Å². The van der Waals surface area contributed by atoms with E-state index >= 15 is 0 Å². The van der Waals surface area contributed by atoms with E-state index in [9.17, 15) is 0 Å². The lowest BCUT2D eigenvalue weighted by Crippen LogP contribution is -2.34. The summed E-state index contributed by atoms with van der Waals surface area (Å²) in [5, 5.41) is 14.8. The fourth-order valence-corrected chi connectivity index (χ4v) is 3.66. The predicted octanol–water partition coefficient (Wildman–Crippen LogP) is 4.40. The molecular weight excluding hydrogens is 388 g/mol. The van der Waals surface area contributed by atoms with Crippen molar-refractivity contribution in [3.05, 3.63) is 72.2 Å². The Labute approximate surface area is 180 Å². The number of hydrogen-bond acceptors (Lipinski definition) is 6. The molecule has 7 nitrogen and oxygen atoms in total. The van der Waals surface area contributed by atoms with Crippen molar-refractivity contribution in [2.45, 2.75) is 18.9 Å². The van der Waals surface area contributed by atoms with Crippen molar-refractivity contribution < 1.29 is 4.74 Å². The molecule has 0 saturated carbocycles. The lowest BCUT2D eigenvalue weighted by Gasteiger charge is -2.23. The maximum absolute atomic E-state index is 6.05. The van der Waals surface area contributed by atoms with Gasteiger partial charge in [-0.1, -0.05) is 24.3 Å². The molecule has 1 saturated heterocycles. The number of rotatable bonds is 6. The zero-order valence-corrected chi connectivity index (χ0v) is 17.1. The number of hydrogen-bond donors (Lipinski definition) is 3. The smallest absolute Gasteiger partial charge is 0.227 e. The molecular formula is C24H24N6O. The van der Waals surface area contributed by atoms with Crippen molar-refractivity contribution in [2.75, 3.05) is 18.4 Å². The Morgan fingerprint density at radius 2 is 1.74 bits per heavy atom. The molecule has 4 aromatic rings. The van der Waals surface area contributed by atoms with Gasteiger partial charge in [-0.05, 0) is 61.8 Å². The van der Waals surface area contributed by atoms with Gasteiger partial charge in [0.25, 0.3) is 0 Å². The van der Waals surface area contributed by atoms with Crippen LogP contribution in [0.5, 0.6) is 5.75 Å². The number of aromatic amines is 1. The predicted molar refractivity (Wildman–Crippen MR) is 123 cm³/mol. The van der Waals surface area contributed by atoms with Gasteiger partial charge in [-0.25, -0.2) is 9.97 Å². The van der Waals surface area contributed by atoms with Crippen LogP contribution < -0.4 is 15.4 Å². The summed E-state index contributed by atoms with van der Waals surface area (Å²) in [6.45, 7) is 2.04. The molecule has 2 aromatic carbocycles. The van der Waals surface area contributed by atoms with Crippen LogP contribution in [-0.4, -0.2) is 39.4 Å². The van der Waals surface area contributed by atoms with Crippen LogP contribution in [0.25, 0.3) is 23.1 Å². The monoisotopic (exact) mass is 412 g/mol. The maximum atomic E-state index is 6.05. The fraction of sp³-hybridized carbons (Fsp3) is 0.208. The Morgan fingerprint density at radius 3 is 2.55 bits per heavy atom. The Balaban J connectivity index is 1.20. The van der Waals surface area contributed by atoms with E-state index in [0.29, 0.717) is 12.1 Å². The first-order chi connectivity index (χ1) is 15.3. The van der Waals surface area contributed by atoms with Crippen LogP contribution >= 0.6 is 0 Å². The molecule has 3 N–H and O–H groups in total. The van der Waals surface area contributed by atoms with E-state index < -0.39 is 0 Å². The minimum Gasteiger partial charge on any atom is -0.490 e. The second kappa shape index (κ2) is 8.97. The molecule has 3 heterocycles. The van der Waals surface area contributed by atoms with Gasteiger partial charge in [0.15, 0.2) is 0 Å². The highest BCUT2D eigenvalue weighted by Gasteiger charge is 2.14. The van der Waals surface area contributed by atoms with Crippen molar-refractivity contribution in [3.63, 3.8) is 0 Å². The molecule has 0 radical (unpaired) electrons. The normalized spacial score (nSPS) is 14.8. The third-order valence-corrected chi connectivity index (χ3v) is 5.35. The highest BCUT2D eigenvalue weighted by molar-refractivity contribution is 5.90. The third-order valence-electron chi connectivity index (χ3n) is 5.35. The number of aromatic nitrogens is 4. The average Bonchev–Trinajstić information content (AvgIpc) is 3.30. The van der Waals surface area contributed by atoms with Crippen LogP contribution in [0.4, 0.5) is 11.6 Å². The summed E-state index contributed by atoms with van der Waals surface area (Å²) in [4.78, 5) is 8.85. The fourth-order valence-electron chi connectivity index (χ4n) is 3.66. The minimum atomic E-state index is 0.296. The SMILES string of the molecule is C(=C\c1cccc2[nH]ncc12)/c1cnc(Nc2ccc(OC3CCNCC3)cc2)nc1. The molecule has 31 heavy (non-hydrogen) atoms. The van der Waals surface area contributed by atoms with Crippen molar-refractivity contribution in [1.82, 2.24) is 25.5 Å². The number of H-pyrrole nitrogens is 1. The van der Waals surface area contributed by atoms with Crippen LogP contribution in [0.1, 0.15) is 24.0 Å². The zero-order chi connectivity index (χ0) is 20.9. The minimum absolute atomic E-state index is 0.296. The van der Waals surface area contributed by atoms with Crippen LogP contribution in [0.3, 0.4) is 0 Å². The molecule has 0 amide bonds. The van der Waals surface area contributed by atoms with E-state index in [4.69, 9.17) is 4.74 Å². The molecule has 0 spiro atoms. The van der Waals surface area contributed by atoms with E-state index in [1.165, 1.54) is 0 Å². The van der Waals surface area contributed by atoms with E-state index in [1.807, 2.05) is 54.7 Å². The van der Waals surface area contributed by atoms with Crippen LogP contribution in [0.2, 0.25) is 0 Å². The molecule has 1 aliphatic rings. The summed E-state index contributed by atoms with van der Waals surface area (Å²) in [6, 6.07) is 14.0. The van der Waals surface area contributed by atoms with Gasteiger partial charge in [-0.15, -0.1) is 0 Å². The lowest BCUT2D eigenvalue weighted by atomic mass is 10.1. The quantitative estimate of drug-likeness (QED) is 0.435. The molecule has 0 bridgehead atoms. The summed E-state index contributed by atoms with van der Waals surface area (Å²) < 4.78 is 6.05. The molecule has 1 aliphatic heterocycles. The first-order valence-electron chi connectivity index (χ1n) is 10.5. The van der Waals surface area contributed by atoms with Gasteiger partial charge in [0, 0.05) is 29.0 Å². The van der Waals surface area contributed by atoms with Crippen LogP contribution in [0.15, 0.2) is 61.1 Å². The van der Waals surface area contributed by atoms with Crippen molar-refractivity contribution in [1.29, 1.82) is 0 Å². The summed E-state index contributed by atoms with van der Waals surface area (Å²) >= 11 is 0. The van der Waals surface area contributed by atoms with Crippen molar-refractivity contribution >= 4 is 34.7 Å². The second-order valence-electron chi connectivity index (χ2n) is 7.57. The van der Waals surface area contributed by atoms with Gasteiger partial charge in [0.05, 0.1) is 11.7 Å².